The van der Waals surface area contributed by atoms with E-state index in [0.29, 0.717) is 5.92 Å². The number of nitrogens with one attached hydrogen (secondary N) is 1. The van der Waals surface area contributed by atoms with Gasteiger partial charge in [-0.3, -0.25) is 0 Å². The van der Waals surface area contributed by atoms with Crippen LogP contribution in [0.3, 0.4) is 0 Å². The molecule has 1 aliphatic rings. The zero-order chi connectivity index (χ0) is 14.5. The van der Waals surface area contributed by atoms with Crippen LogP contribution in [0.25, 0.3) is 0 Å². The van der Waals surface area contributed by atoms with Crippen molar-refractivity contribution in [1.29, 1.82) is 0 Å². The molecule has 4 heteroatoms. The van der Waals surface area contributed by atoms with E-state index in [1.165, 1.54) is 13.2 Å². The smallest absolute Gasteiger partial charge is 0.165 e. The molecule has 0 aromatic heterocycles. The van der Waals surface area contributed by atoms with Crippen LogP contribution in [0.1, 0.15) is 38.4 Å². The number of halogens is 1. The van der Waals surface area contributed by atoms with Gasteiger partial charge in [-0.2, -0.15) is 0 Å². The third-order valence-corrected chi connectivity index (χ3v) is 4.14. The minimum Gasteiger partial charge on any atom is -0.494 e. The van der Waals surface area contributed by atoms with E-state index in [4.69, 9.17) is 9.47 Å². The van der Waals surface area contributed by atoms with E-state index in [0.717, 1.165) is 31.5 Å². The van der Waals surface area contributed by atoms with Gasteiger partial charge in [0.2, 0.25) is 0 Å². The molecule has 1 fully saturated rings. The second kappa shape index (κ2) is 7.04. The molecule has 1 aromatic carbocycles. The Kier molecular flexibility index (Phi) is 5.38. The summed E-state index contributed by atoms with van der Waals surface area (Å²) in [5, 5.41) is 3.40. The second-order valence-corrected chi connectivity index (χ2v) is 5.29. The first-order valence-electron chi connectivity index (χ1n) is 7.39. The van der Waals surface area contributed by atoms with Gasteiger partial charge in [0, 0.05) is 13.1 Å². The van der Waals surface area contributed by atoms with Gasteiger partial charge >= 0.3 is 0 Å². The Hall–Kier alpha value is -1.13. The molecule has 3 nitrogen and oxygen atoms in total. The lowest BCUT2D eigenvalue weighted by Crippen LogP contribution is -2.44. The van der Waals surface area contributed by atoms with Gasteiger partial charge in [-0.25, -0.2) is 4.39 Å². The van der Waals surface area contributed by atoms with Crippen LogP contribution in [0.2, 0.25) is 0 Å². The molecule has 1 aliphatic heterocycles. The van der Waals surface area contributed by atoms with E-state index >= 15 is 0 Å². The Labute approximate surface area is 120 Å². The SMILES string of the molecule is CCC(CC)C1CNCC(c2ccc(OC)c(F)c2)O1. The summed E-state index contributed by atoms with van der Waals surface area (Å²) in [4.78, 5) is 0. The zero-order valence-electron chi connectivity index (χ0n) is 12.5. The molecule has 0 spiro atoms. The molecular formula is C16H24FNO2. The van der Waals surface area contributed by atoms with Crippen molar-refractivity contribution in [3.63, 3.8) is 0 Å². The average molecular weight is 281 g/mol. The maximum atomic E-state index is 13.8. The molecule has 1 N–H and O–H groups in total. The van der Waals surface area contributed by atoms with Gasteiger partial charge in [0.05, 0.1) is 19.3 Å². The highest BCUT2D eigenvalue weighted by Crippen LogP contribution is 2.29. The topological polar surface area (TPSA) is 30.5 Å². The molecule has 0 bridgehead atoms. The Bertz CT molecular complexity index is 434. The van der Waals surface area contributed by atoms with Gasteiger partial charge in [-0.05, 0) is 23.6 Å². The summed E-state index contributed by atoms with van der Waals surface area (Å²) in [6, 6.07) is 5.05. The van der Waals surface area contributed by atoms with Crippen molar-refractivity contribution >= 4 is 0 Å². The van der Waals surface area contributed by atoms with Crippen molar-refractivity contribution in [2.45, 2.75) is 38.9 Å². The van der Waals surface area contributed by atoms with Gasteiger partial charge in [0.1, 0.15) is 0 Å². The molecule has 1 saturated heterocycles. The van der Waals surface area contributed by atoms with Crippen LogP contribution in [0, 0.1) is 11.7 Å². The maximum Gasteiger partial charge on any atom is 0.165 e. The van der Waals surface area contributed by atoms with E-state index in [1.807, 2.05) is 6.07 Å². The number of hydrogen-bond acceptors (Lipinski definition) is 3. The summed E-state index contributed by atoms with van der Waals surface area (Å²) in [5.74, 6) is 0.487. The molecule has 0 aliphatic carbocycles. The lowest BCUT2D eigenvalue weighted by Gasteiger charge is -2.35. The number of hydrogen-bond donors (Lipinski definition) is 1. The molecule has 0 radical (unpaired) electrons. The number of methoxy groups -OCH3 is 1. The minimum atomic E-state index is -0.335. The molecule has 0 amide bonds. The average Bonchev–Trinajstić information content (AvgIpc) is 2.49. The quantitative estimate of drug-likeness (QED) is 0.898. The monoisotopic (exact) mass is 281 g/mol. The first-order valence-corrected chi connectivity index (χ1v) is 7.39. The summed E-state index contributed by atoms with van der Waals surface area (Å²) >= 11 is 0. The van der Waals surface area contributed by atoms with E-state index in [1.54, 1.807) is 6.07 Å². The predicted molar refractivity (Wildman–Crippen MR) is 77.5 cm³/mol. The molecular weight excluding hydrogens is 257 g/mol. The van der Waals surface area contributed by atoms with Crippen molar-refractivity contribution in [3.8, 4) is 5.75 Å². The number of ether oxygens (including phenoxy) is 2. The van der Waals surface area contributed by atoms with E-state index < -0.39 is 0 Å². The molecule has 0 saturated carbocycles. The van der Waals surface area contributed by atoms with Crippen LogP contribution in [0.15, 0.2) is 18.2 Å². The van der Waals surface area contributed by atoms with Crippen molar-refractivity contribution in [1.82, 2.24) is 5.32 Å². The number of morpholine rings is 1. The highest BCUT2D eigenvalue weighted by Gasteiger charge is 2.28. The van der Waals surface area contributed by atoms with E-state index in [9.17, 15) is 4.39 Å². The normalized spacial score (nSPS) is 23.1. The van der Waals surface area contributed by atoms with Crippen LogP contribution in [0.4, 0.5) is 4.39 Å². The highest BCUT2D eigenvalue weighted by atomic mass is 19.1. The summed E-state index contributed by atoms with van der Waals surface area (Å²) in [6.45, 7) is 5.98. The van der Waals surface area contributed by atoms with Crippen LogP contribution < -0.4 is 10.1 Å². The first-order chi connectivity index (χ1) is 9.69. The molecule has 112 valence electrons. The van der Waals surface area contributed by atoms with Crippen molar-refractivity contribution < 1.29 is 13.9 Å². The van der Waals surface area contributed by atoms with Crippen molar-refractivity contribution in [2.75, 3.05) is 20.2 Å². The number of rotatable bonds is 5. The lowest BCUT2D eigenvalue weighted by molar-refractivity contribution is -0.0689. The fourth-order valence-corrected chi connectivity index (χ4v) is 2.84. The Morgan fingerprint density at radius 2 is 2.10 bits per heavy atom. The Balaban J connectivity index is 2.10. The molecule has 2 atom stereocenters. The molecule has 1 heterocycles. The summed E-state index contributed by atoms with van der Waals surface area (Å²) in [7, 11) is 1.47. The van der Waals surface area contributed by atoms with Crippen molar-refractivity contribution in [3.05, 3.63) is 29.6 Å². The third kappa shape index (κ3) is 3.30. The summed E-state index contributed by atoms with van der Waals surface area (Å²) < 4.78 is 24.9. The van der Waals surface area contributed by atoms with Crippen LogP contribution in [0.5, 0.6) is 5.75 Å². The highest BCUT2D eigenvalue weighted by molar-refractivity contribution is 5.30. The molecule has 2 unspecified atom stereocenters. The van der Waals surface area contributed by atoms with Gasteiger partial charge in [-0.1, -0.05) is 32.8 Å². The third-order valence-electron chi connectivity index (χ3n) is 4.14. The maximum absolute atomic E-state index is 13.8. The largest absolute Gasteiger partial charge is 0.494 e. The minimum absolute atomic E-state index is 0.0882. The predicted octanol–water partition coefficient (Wildman–Crippen LogP) is 3.30. The van der Waals surface area contributed by atoms with Crippen LogP contribution in [-0.2, 0) is 4.74 Å². The Morgan fingerprint density at radius 1 is 1.35 bits per heavy atom. The number of benzene rings is 1. The summed E-state index contributed by atoms with van der Waals surface area (Å²) in [6.07, 6.45) is 2.32. The zero-order valence-corrected chi connectivity index (χ0v) is 12.5. The Morgan fingerprint density at radius 3 is 2.70 bits per heavy atom. The van der Waals surface area contributed by atoms with Gasteiger partial charge in [-0.15, -0.1) is 0 Å². The van der Waals surface area contributed by atoms with Gasteiger partial charge < -0.3 is 14.8 Å². The molecule has 20 heavy (non-hydrogen) atoms. The van der Waals surface area contributed by atoms with Crippen LogP contribution in [-0.4, -0.2) is 26.3 Å². The first kappa shape index (κ1) is 15.3. The standard InChI is InChI=1S/C16H24FNO2/c1-4-11(5-2)15-9-18-10-16(20-15)12-6-7-14(19-3)13(17)8-12/h6-8,11,15-16,18H,4-5,9-10H2,1-3H3. The molecule has 1 aromatic rings. The van der Waals surface area contributed by atoms with Gasteiger partial charge in [0.15, 0.2) is 11.6 Å². The van der Waals surface area contributed by atoms with E-state index in [2.05, 4.69) is 19.2 Å². The summed E-state index contributed by atoms with van der Waals surface area (Å²) in [5.41, 5.74) is 0.867. The second-order valence-electron chi connectivity index (χ2n) is 5.29. The van der Waals surface area contributed by atoms with Gasteiger partial charge in [0.25, 0.3) is 0 Å². The fraction of sp³-hybridized carbons (Fsp3) is 0.625. The fourth-order valence-electron chi connectivity index (χ4n) is 2.84. The van der Waals surface area contributed by atoms with Crippen LogP contribution >= 0.6 is 0 Å². The van der Waals surface area contributed by atoms with Crippen molar-refractivity contribution in [2.24, 2.45) is 5.92 Å². The lowest BCUT2D eigenvalue weighted by atomic mass is 9.94. The van der Waals surface area contributed by atoms with E-state index in [-0.39, 0.29) is 23.8 Å². The molecule has 2 rings (SSSR count).